The number of aryl methyl sites for hydroxylation is 2. The predicted molar refractivity (Wildman–Crippen MR) is 87.6 cm³/mol. The van der Waals surface area contributed by atoms with Gasteiger partial charge < -0.3 is 0 Å². The van der Waals surface area contributed by atoms with Gasteiger partial charge in [-0.2, -0.15) is 0 Å². The highest BCUT2D eigenvalue weighted by molar-refractivity contribution is 6.32. The first-order valence-electron chi connectivity index (χ1n) is 6.15. The Morgan fingerprint density at radius 3 is 2.00 bits per heavy atom. The van der Waals surface area contributed by atoms with Crippen LogP contribution in [0.4, 0.5) is 0 Å². The van der Waals surface area contributed by atoms with Crippen LogP contribution in [0.2, 0.25) is 5.02 Å². The van der Waals surface area contributed by atoms with E-state index in [0.29, 0.717) is 0 Å². The Morgan fingerprint density at radius 1 is 0.895 bits per heavy atom. The van der Waals surface area contributed by atoms with Gasteiger partial charge in [-0.25, -0.2) is 0 Å². The zero-order valence-corrected chi connectivity index (χ0v) is 12.2. The maximum Gasteiger partial charge on any atom is 0.0478 e. The molecule has 0 N–H and O–H groups in total. The van der Waals surface area contributed by atoms with Crippen LogP contribution in [0, 0.1) is 13.8 Å². The van der Waals surface area contributed by atoms with Crippen molar-refractivity contribution in [1.82, 2.24) is 0 Å². The molecule has 2 aromatic rings. The van der Waals surface area contributed by atoms with E-state index in [2.05, 4.69) is 45.2 Å². The molecule has 0 aliphatic heterocycles. The van der Waals surface area contributed by atoms with E-state index in [4.69, 9.17) is 11.6 Å². The van der Waals surface area contributed by atoms with E-state index < -0.39 is 0 Å². The van der Waals surface area contributed by atoms with Gasteiger partial charge in [-0.1, -0.05) is 78.9 Å². The number of hydrogen-bond donors (Lipinski definition) is 0. The van der Waals surface area contributed by atoms with Crippen molar-refractivity contribution in [3.8, 4) is 0 Å². The van der Waals surface area contributed by atoms with E-state index in [1.165, 1.54) is 16.7 Å². The van der Waals surface area contributed by atoms with Gasteiger partial charge in [0.2, 0.25) is 0 Å². The molecule has 19 heavy (non-hydrogen) atoms. The van der Waals surface area contributed by atoms with Crippen molar-refractivity contribution in [3.05, 3.63) is 82.9 Å². The molecule has 0 fully saturated rings. The van der Waals surface area contributed by atoms with Crippen LogP contribution in [-0.4, -0.2) is 0 Å². The van der Waals surface area contributed by atoms with Crippen molar-refractivity contribution in [1.29, 1.82) is 0 Å². The van der Waals surface area contributed by atoms with E-state index in [9.17, 15) is 0 Å². The summed E-state index contributed by atoms with van der Waals surface area (Å²) in [5, 5.41) is 0.757. The summed E-state index contributed by atoms with van der Waals surface area (Å²) < 4.78 is 0. The molecule has 0 heterocycles. The molecule has 0 bridgehead atoms. The van der Waals surface area contributed by atoms with Crippen molar-refractivity contribution in [3.63, 3.8) is 0 Å². The Bertz CT molecular complexity index is 568. The second kappa shape index (κ2) is 7.60. The van der Waals surface area contributed by atoms with E-state index in [1.807, 2.05) is 30.3 Å². The molecule has 0 atom stereocenters. The summed E-state index contributed by atoms with van der Waals surface area (Å²) in [6.45, 7) is 11.5. The minimum Gasteiger partial charge on any atom is -0.0985 e. The SMILES string of the molecule is C=Cc1cc(C)ccc1C.C=Cc1ccccc1Cl. The van der Waals surface area contributed by atoms with Crippen LogP contribution < -0.4 is 0 Å². The summed E-state index contributed by atoms with van der Waals surface area (Å²) in [7, 11) is 0. The topological polar surface area (TPSA) is 0 Å². The minimum atomic E-state index is 0.757. The first-order valence-corrected chi connectivity index (χ1v) is 6.53. The molecule has 0 saturated heterocycles. The van der Waals surface area contributed by atoms with Gasteiger partial charge in [-0.15, -0.1) is 0 Å². The lowest BCUT2D eigenvalue weighted by atomic mass is 10.1. The van der Waals surface area contributed by atoms with Crippen molar-refractivity contribution in [2.75, 3.05) is 0 Å². The normalized spacial score (nSPS) is 9.21. The lowest BCUT2D eigenvalue weighted by Crippen LogP contribution is -1.80. The van der Waals surface area contributed by atoms with Crippen LogP contribution in [-0.2, 0) is 0 Å². The summed E-state index contributed by atoms with van der Waals surface area (Å²) in [6, 6.07) is 14.0. The van der Waals surface area contributed by atoms with Gasteiger partial charge in [0.25, 0.3) is 0 Å². The van der Waals surface area contributed by atoms with Gasteiger partial charge in [0.1, 0.15) is 0 Å². The molecule has 0 amide bonds. The number of hydrogen-bond acceptors (Lipinski definition) is 0. The second-order valence-electron chi connectivity index (χ2n) is 4.29. The van der Waals surface area contributed by atoms with Crippen LogP contribution in [0.25, 0.3) is 12.2 Å². The molecule has 2 rings (SSSR count). The van der Waals surface area contributed by atoms with Crippen LogP contribution in [0.3, 0.4) is 0 Å². The van der Waals surface area contributed by atoms with Crippen molar-refractivity contribution < 1.29 is 0 Å². The molecule has 1 heteroatoms. The molecule has 0 aromatic heterocycles. The van der Waals surface area contributed by atoms with Crippen molar-refractivity contribution in [2.24, 2.45) is 0 Å². The molecule has 2 aromatic carbocycles. The maximum atomic E-state index is 5.75. The smallest absolute Gasteiger partial charge is 0.0478 e. The predicted octanol–water partition coefficient (Wildman–Crippen LogP) is 5.93. The zero-order valence-electron chi connectivity index (χ0n) is 11.5. The molecule has 98 valence electrons. The molecule has 0 radical (unpaired) electrons. The Balaban J connectivity index is 0.000000191. The Labute approximate surface area is 121 Å². The third-order valence-corrected chi connectivity index (χ3v) is 3.12. The van der Waals surface area contributed by atoms with Crippen LogP contribution >= 0.6 is 11.6 Å². The van der Waals surface area contributed by atoms with Crippen LogP contribution in [0.15, 0.2) is 55.6 Å². The highest BCUT2D eigenvalue weighted by Gasteiger charge is 1.91. The fourth-order valence-corrected chi connectivity index (χ4v) is 1.83. The summed E-state index contributed by atoms with van der Waals surface area (Å²) in [6.07, 6.45) is 3.63. The maximum absolute atomic E-state index is 5.75. The van der Waals surface area contributed by atoms with Crippen LogP contribution in [0.5, 0.6) is 0 Å². The van der Waals surface area contributed by atoms with Crippen molar-refractivity contribution in [2.45, 2.75) is 13.8 Å². The summed E-state index contributed by atoms with van der Waals surface area (Å²) in [5.41, 5.74) is 4.81. The fraction of sp³-hybridized carbons (Fsp3) is 0.111. The Morgan fingerprint density at radius 2 is 1.53 bits per heavy atom. The summed E-state index contributed by atoms with van der Waals surface area (Å²) in [5.74, 6) is 0. The molecule has 0 saturated carbocycles. The molecule has 0 nitrogen and oxygen atoms in total. The molecule has 0 unspecified atom stereocenters. The zero-order chi connectivity index (χ0) is 14.3. The second-order valence-corrected chi connectivity index (χ2v) is 4.70. The van der Waals surface area contributed by atoms with E-state index in [1.54, 1.807) is 6.08 Å². The molecule has 0 spiro atoms. The largest absolute Gasteiger partial charge is 0.0985 e. The van der Waals surface area contributed by atoms with Gasteiger partial charge in [-0.3, -0.25) is 0 Å². The van der Waals surface area contributed by atoms with E-state index in [-0.39, 0.29) is 0 Å². The van der Waals surface area contributed by atoms with Crippen LogP contribution in [0.1, 0.15) is 22.3 Å². The highest BCUT2D eigenvalue weighted by Crippen LogP contribution is 2.14. The third kappa shape index (κ3) is 4.76. The van der Waals surface area contributed by atoms with E-state index in [0.717, 1.165) is 10.6 Å². The third-order valence-electron chi connectivity index (χ3n) is 2.78. The molecule has 0 aliphatic rings. The number of halogens is 1. The van der Waals surface area contributed by atoms with Gasteiger partial charge in [0, 0.05) is 5.02 Å². The van der Waals surface area contributed by atoms with Crippen molar-refractivity contribution >= 4 is 23.8 Å². The quantitative estimate of drug-likeness (QED) is 0.634. The fourth-order valence-electron chi connectivity index (χ4n) is 1.62. The Hall–Kier alpha value is -1.79. The molecular formula is C18H19Cl. The standard InChI is InChI=1S/C10H12.C8H7Cl/c1-4-10-7-8(2)5-6-9(10)3;1-2-7-5-3-4-6-8(7)9/h4-7H,1H2,2-3H3;2-6H,1H2. The Kier molecular flexibility index (Phi) is 6.11. The average Bonchev–Trinajstić information content (AvgIpc) is 2.43. The first kappa shape index (κ1) is 15.3. The number of benzene rings is 2. The number of rotatable bonds is 2. The van der Waals surface area contributed by atoms with Gasteiger partial charge in [-0.05, 0) is 36.6 Å². The monoisotopic (exact) mass is 270 g/mol. The van der Waals surface area contributed by atoms with Gasteiger partial charge >= 0.3 is 0 Å². The highest BCUT2D eigenvalue weighted by atomic mass is 35.5. The molecular weight excluding hydrogens is 252 g/mol. The first-order chi connectivity index (χ1) is 9.08. The van der Waals surface area contributed by atoms with Gasteiger partial charge in [0.05, 0.1) is 0 Å². The summed E-state index contributed by atoms with van der Waals surface area (Å²) >= 11 is 5.75. The van der Waals surface area contributed by atoms with E-state index >= 15 is 0 Å². The minimum absolute atomic E-state index is 0.757. The lowest BCUT2D eigenvalue weighted by Gasteiger charge is -1.99. The lowest BCUT2D eigenvalue weighted by molar-refractivity contribution is 1.38. The average molecular weight is 271 g/mol. The molecule has 0 aliphatic carbocycles. The van der Waals surface area contributed by atoms with Gasteiger partial charge in [0.15, 0.2) is 0 Å². The summed E-state index contributed by atoms with van der Waals surface area (Å²) in [4.78, 5) is 0.